The van der Waals surface area contributed by atoms with E-state index in [0.717, 1.165) is 24.0 Å². The molecule has 0 aliphatic carbocycles. The third kappa shape index (κ3) is 3.76. The van der Waals surface area contributed by atoms with E-state index in [1.165, 1.54) is 6.07 Å². The van der Waals surface area contributed by atoms with Gasteiger partial charge in [-0.3, -0.25) is 4.79 Å². The number of phenolic OH excluding ortho intramolecular Hbond substituents is 1. The van der Waals surface area contributed by atoms with Crippen LogP contribution in [-0.4, -0.2) is 18.0 Å². The molecule has 4 nitrogen and oxygen atoms in total. The summed E-state index contributed by atoms with van der Waals surface area (Å²) < 4.78 is 49.3. The van der Waals surface area contributed by atoms with E-state index in [4.69, 9.17) is 9.47 Å². The molecule has 1 aliphatic rings. The maximum Gasteiger partial charge on any atom is 0.419 e. The van der Waals surface area contributed by atoms with Gasteiger partial charge in [0.05, 0.1) is 5.56 Å². The lowest BCUT2D eigenvalue weighted by molar-refractivity contribution is -0.138. The fourth-order valence-corrected chi connectivity index (χ4v) is 2.39. The molecule has 0 fully saturated rings. The van der Waals surface area contributed by atoms with Gasteiger partial charge < -0.3 is 14.6 Å². The highest BCUT2D eigenvalue weighted by Crippen LogP contribution is 2.36. The smallest absolute Gasteiger partial charge is 0.419 e. The van der Waals surface area contributed by atoms with Crippen molar-refractivity contribution in [3.8, 4) is 17.2 Å². The molecule has 0 amide bonds. The van der Waals surface area contributed by atoms with Gasteiger partial charge in [0.15, 0.2) is 0 Å². The van der Waals surface area contributed by atoms with Crippen LogP contribution < -0.4 is 9.47 Å². The normalized spacial score (nSPS) is 13.5. The maximum atomic E-state index is 12.8. The van der Waals surface area contributed by atoms with E-state index < -0.39 is 17.5 Å². The summed E-state index contributed by atoms with van der Waals surface area (Å²) in [6, 6.07) is 8.15. The van der Waals surface area contributed by atoms with Crippen molar-refractivity contribution in [2.75, 3.05) is 6.61 Å². The Morgan fingerprint density at radius 3 is 2.72 bits per heavy atom. The lowest BCUT2D eigenvalue weighted by atomic mass is 10.1. The van der Waals surface area contributed by atoms with Crippen LogP contribution in [0.4, 0.5) is 13.2 Å². The molecule has 0 bridgehead atoms. The number of phenols is 1. The Morgan fingerprint density at radius 1 is 1.20 bits per heavy atom. The molecule has 0 spiro atoms. The summed E-state index contributed by atoms with van der Waals surface area (Å²) in [5, 5.41) is 9.32. The Labute approximate surface area is 141 Å². The van der Waals surface area contributed by atoms with Crippen LogP contribution in [0.25, 0.3) is 6.08 Å². The highest BCUT2D eigenvalue weighted by Gasteiger charge is 2.34. The molecule has 1 aliphatic heterocycles. The van der Waals surface area contributed by atoms with Crippen LogP contribution in [0.2, 0.25) is 0 Å². The van der Waals surface area contributed by atoms with E-state index in [2.05, 4.69) is 0 Å². The third-order valence-corrected chi connectivity index (χ3v) is 3.64. The van der Waals surface area contributed by atoms with Crippen molar-refractivity contribution in [3.63, 3.8) is 0 Å². The van der Waals surface area contributed by atoms with E-state index in [1.54, 1.807) is 24.3 Å². The summed E-state index contributed by atoms with van der Waals surface area (Å²) in [5.41, 5.74) is 0.412. The summed E-state index contributed by atoms with van der Waals surface area (Å²) >= 11 is 0. The van der Waals surface area contributed by atoms with Crippen LogP contribution in [0, 0.1) is 0 Å². The van der Waals surface area contributed by atoms with Crippen LogP contribution in [0.15, 0.2) is 42.0 Å². The molecule has 2 aromatic rings. The minimum atomic E-state index is -4.64. The summed E-state index contributed by atoms with van der Waals surface area (Å²) in [6.45, 7) is 0.0600. The van der Waals surface area contributed by atoms with Crippen LogP contribution in [0.3, 0.4) is 0 Å². The van der Waals surface area contributed by atoms with Crippen molar-refractivity contribution in [1.82, 2.24) is 0 Å². The number of benzene rings is 2. The van der Waals surface area contributed by atoms with Crippen molar-refractivity contribution in [2.45, 2.75) is 12.8 Å². The van der Waals surface area contributed by atoms with Gasteiger partial charge in [0.2, 0.25) is 0 Å². The lowest BCUT2D eigenvalue weighted by Gasteiger charge is -2.16. The Balaban J connectivity index is 1.75. The molecule has 130 valence electrons. The number of alkyl halides is 3. The molecule has 0 unspecified atom stereocenters. The molecule has 0 radical (unpaired) electrons. The number of carbonyl (C=O) groups excluding carboxylic acids is 1. The van der Waals surface area contributed by atoms with Crippen LogP contribution in [0.5, 0.6) is 17.2 Å². The Kier molecular flexibility index (Phi) is 4.39. The SMILES string of the molecule is O=CC1=Cc2ccc(OCc3ccc(O)c(C(F)(F)F)c3)cc2OC1. The van der Waals surface area contributed by atoms with E-state index in [9.17, 15) is 23.1 Å². The third-order valence-electron chi connectivity index (χ3n) is 3.64. The molecule has 3 rings (SSSR count). The fourth-order valence-electron chi connectivity index (χ4n) is 2.39. The second-order valence-electron chi connectivity index (χ2n) is 5.46. The second kappa shape index (κ2) is 6.51. The van der Waals surface area contributed by atoms with Gasteiger partial charge in [-0.25, -0.2) is 0 Å². The molecule has 0 saturated heterocycles. The standard InChI is InChI=1S/C18H13F3O4/c19-18(20,21)15-6-11(1-4-16(15)23)9-24-14-3-2-13-5-12(8-22)10-25-17(13)7-14/h1-8,23H,9-10H2. The van der Waals surface area contributed by atoms with Gasteiger partial charge in [-0.1, -0.05) is 6.07 Å². The molecule has 2 aromatic carbocycles. The van der Waals surface area contributed by atoms with Gasteiger partial charge in [-0.05, 0) is 35.9 Å². The summed E-state index contributed by atoms with van der Waals surface area (Å²) in [5.74, 6) is 0.129. The van der Waals surface area contributed by atoms with E-state index in [0.29, 0.717) is 17.1 Å². The molecular formula is C18H13F3O4. The van der Waals surface area contributed by atoms with Crippen LogP contribution in [0.1, 0.15) is 16.7 Å². The number of hydrogen-bond donors (Lipinski definition) is 1. The van der Waals surface area contributed by atoms with Crippen LogP contribution >= 0.6 is 0 Å². The molecule has 1 heterocycles. The zero-order chi connectivity index (χ0) is 18.0. The first-order chi connectivity index (χ1) is 11.9. The van der Waals surface area contributed by atoms with Gasteiger partial charge in [0, 0.05) is 17.2 Å². The Hall–Kier alpha value is -2.96. The molecular weight excluding hydrogens is 337 g/mol. The molecule has 1 N–H and O–H groups in total. The second-order valence-corrected chi connectivity index (χ2v) is 5.46. The first-order valence-corrected chi connectivity index (χ1v) is 7.31. The van der Waals surface area contributed by atoms with Gasteiger partial charge in [-0.15, -0.1) is 0 Å². The number of rotatable bonds is 4. The lowest BCUT2D eigenvalue weighted by Crippen LogP contribution is -2.08. The number of ether oxygens (including phenoxy) is 2. The number of hydrogen-bond acceptors (Lipinski definition) is 4. The average molecular weight is 350 g/mol. The van der Waals surface area contributed by atoms with Gasteiger partial charge in [0.25, 0.3) is 0 Å². The summed E-state index contributed by atoms with van der Waals surface area (Å²) in [7, 11) is 0. The minimum Gasteiger partial charge on any atom is -0.507 e. The van der Waals surface area contributed by atoms with E-state index in [-0.39, 0.29) is 18.8 Å². The highest BCUT2D eigenvalue weighted by molar-refractivity contribution is 5.84. The molecule has 25 heavy (non-hydrogen) atoms. The van der Waals surface area contributed by atoms with E-state index >= 15 is 0 Å². The molecule has 0 atom stereocenters. The quantitative estimate of drug-likeness (QED) is 0.848. The Bertz CT molecular complexity index is 841. The predicted octanol–water partition coefficient (Wildman–Crippen LogP) is 3.96. The summed E-state index contributed by atoms with van der Waals surface area (Å²) in [4.78, 5) is 10.7. The van der Waals surface area contributed by atoms with Crippen LogP contribution in [-0.2, 0) is 17.6 Å². The Morgan fingerprint density at radius 2 is 2.00 bits per heavy atom. The topological polar surface area (TPSA) is 55.8 Å². The first kappa shape index (κ1) is 16.9. The molecule has 0 saturated carbocycles. The van der Waals surface area contributed by atoms with Gasteiger partial charge in [-0.2, -0.15) is 13.2 Å². The average Bonchev–Trinajstić information content (AvgIpc) is 2.59. The van der Waals surface area contributed by atoms with Crippen molar-refractivity contribution in [2.24, 2.45) is 0 Å². The fraction of sp³-hybridized carbons (Fsp3) is 0.167. The number of aldehydes is 1. The minimum absolute atomic E-state index is 0.0996. The zero-order valence-corrected chi connectivity index (χ0v) is 12.8. The predicted molar refractivity (Wildman–Crippen MR) is 83.4 cm³/mol. The largest absolute Gasteiger partial charge is 0.507 e. The summed E-state index contributed by atoms with van der Waals surface area (Å²) in [6.07, 6.45) is -2.22. The van der Waals surface area contributed by atoms with Gasteiger partial charge in [0.1, 0.15) is 36.7 Å². The first-order valence-electron chi connectivity index (χ1n) is 7.31. The number of fused-ring (bicyclic) bond motifs is 1. The number of carbonyl (C=O) groups is 1. The van der Waals surface area contributed by atoms with Crippen molar-refractivity contribution in [1.29, 1.82) is 0 Å². The monoisotopic (exact) mass is 350 g/mol. The number of aromatic hydroxyl groups is 1. The zero-order valence-electron chi connectivity index (χ0n) is 12.8. The molecule has 0 aromatic heterocycles. The van der Waals surface area contributed by atoms with Crippen molar-refractivity contribution >= 4 is 12.4 Å². The van der Waals surface area contributed by atoms with Gasteiger partial charge >= 0.3 is 6.18 Å². The van der Waals surface area contributed by atoms with Crippen molar-refractivity contribution < 1.29 is 32.5 Å². The molecule has 7 heteroatoms. The maximum absolute atomic E-state index is 12.8. The van der Waals surface area contributed by atoms with Crippen molar-refractivity contribution in [3.05, 3.63) is 58.7 Å². The highest BCUT2D eigenvalue weighted by atomic mass is 19.4. The number of halogens is 3. The van der Waals surface area contributed by atoms with E-state index in [1.807, 2.05) is 0 Å².